The summed E-state index contributed by atoms with van der Waals surface area (Å²) in [4.78, 5) is 27.5. The largest absolute Gasteiger partial charge is 0.495 e. The Labute approximate surface area is 200 Å². The van der Waals surface area contributed by atoms with Crippen LogP contribution in [-0.2, 0) is 26.2 Å². The Morgan fingerprint density at radius 1 is 1.09 bits per heavy atom. The predicted molar refractivity (Wildman–Crippen MR) is 130 cm³/mol. The number of benzene rings is 2. The molecule has 0 spiro atoms. The van der Waals surface area contributed by atoms with Gasteiger partial charge in [0.2, 0.25) is 21.8 Å². The number of methoxy groups -OCH3 is 1. The zero-order valence-corrected chi connectivity index (χ0v) is 21.0. The Kier molecular flexibility index (Phi) is 9.13. The van der Waals surface area contributed by atoms with E-state index in [0.717, 1.165) is 16.1 Å². The van der Waals surface area contributed by atoms with E-state index < -0.39 is 28.5 Å². The first-order valence-electron chi connectivity index (χ1n) is 10.4. The lowest BCUT2D eigenvalue weighted by molar-refractivity contribution is -0.139. The molecule has 2 aromatic carbocycles. The van der Waals surface area contributed by atoms with E-state index in [4.69, 9.17) is 16.3 Å². The minimum Gasteiger partial charge on any atom is -0.495 e. The van der Waals surface area contributed by atoms with Gasteiger partial charge in [0.25, 0.3) is 0 Å². The van der Waals surface area contributed by atoms with Crippen molar-refractivity contribution in [3.05, 3.63) is 59.1 Å². The van der Waals surface area contributed by atoms with Crippen LogP contribution in [0.25, 0.3) is 0 Å². The van der Waals surface area contributed by atoms with Crippen molar-refractivity contribution < 1.29 is 22.7 Å². The van der Waals surface area contributed by atoms with Gasteiger partial charge < -0.3 is 15.0 Å². The van der Waals surface area contributed by atoms with Crippen molar-refractivity contribution >= 4 is 39.1 Å². The molecule has 0 saturated heterocycles. The van der Waals surface area contributed by atoms with Gasteiger partial charge in [0.1, 0.15) is 18.3 Å². The van der Waals surface area contributed by atoms with Gasteiger partial charge in [-0.05, 0) is 44.5 Å². The van der Waals surface area contributed by atoms with Crippen LogP contribution < -0.4 is 14.4 Å². The highest BCUT2D eigenvalue weighted by molar-refractivity contribution is 7.92. The summed E-state index contributed by atoms with van der Waals surface area (Å²) in [6, 6.07) is 12.7. The number of nitrogens with one attached hydrogen (secondary N) is 1. The van der Waals surface area contributed by atoms with E-state index in [-0.39, 0.29) is 35.0 Å². The minimum atomic E-state index is -3.89. The van der Waals surface area contributed by atoms with E-state index in [9.17, 15) is 18.0 Å². The second-order valence-electron chi connectivity index (χ2n) is 7.93. The molecular weight excluding hydrogens is 466 g/mol. The van der Waals surface area contributed by atoms with Crippen LogP contribution in [0.2, 0.25) is 5.02 Å². The first-order valence-corrected chi connectivity index (χ1v) is 12.6. The van der Waals surface area contributed by atoms with Gasteiger partial charge in [0.05, 0.1) is 19.1 Å². The normalized spacial score (nSPS) is 12.2. The fraction of sp³-hybridized carbons (Fsp3) is 0.391. The summed E-state index contributed by atoms with van der Waals surface area (Å²) < 4.78 is 31.5. The van der Waals surface area contributed by atoms with Gasteiger partial charge >= 0.3 is 0 Å². The zero-order valence-electron chi connectivity index (χ0n) is 19.4. The smallest absolute Gasteiger partial charge is 0.244 e. The van der Waals surface area contributed by atoms with E-state index in [1.807, 2.05) is 44.2 Å². The molecule has 1 N–H and O–H groups in total. The molecule has 1 atom stereocenters. The summed E-state index contributed by atoms with van der Waals surface area (Å²) in [6.07, 6.45) is 0.997. The summed E-state index contributed by atoms with van der Waals surface area (Å²) in [6.45, 7) is 4.87. The van der Waals surface area contributed by atoms with Gasteiger partial charge in [-0.25, -0.2) is 8.42 Å². The monoisotopic (exact) mass is 495 g/mol. The second-order valence-corrected chi connectivity index (χ2v) is 10.3. The van der Waals surface area contributed by atoms with Crippen LogP contribution in [0.4, 0.5) is 5.69 Å². The maximum absolute atomic E-state index is 13.5. The number of amides is 2. The lowest BCUT2D eigenvalue weighted by atomic mass is 10.1. The molecule has 33 heavy (non-hydrogen) atoms. The highest BCUT2D eigenvalue weighted by Gasteiger charge is 2.31. The third-order valence-corrected chi connectivity index (χ3v) is 6.24. The van der Waals surface area contributed by atoms with E-state index >= 15 is 0 Å². The van der Waals surface area contributed by atoms with E-state index in [2.05, 4.69) is 5.32 Å². The predicted octanol–water partition coefficient (Wildman–Crippen LogP) is 3.06. The summed E-state index contributed by atoms with van der Waals surface area (Å²) in [5.74, 6) is -0.629. The van der Waals surface area contributed by atoms with Crippen LogP contribution in [0.1, 0.15) is 26.3 Å². The number of ether oxygens (including phenoxy) is 1. The topological polar surface area (TPSA) is 96.0 Å². The molecule has 2 aromatic rings. The summed E-state index contributed by atoms with van der Waals surface area (Å²) in [5, 5.41) is 3.09. The third kappa shape index (κ3) is 7.36. The molecule has 0 heterocycles. The molecule has 0 aliphatic carbocycles. The molecule has 0 saturated carbocycles. The Morgan fingerprint density at radius 2 is 1.73 bits per heavy atom. The highest BCUT2D eigenvalue weighted by atomic mass is 35.5. The van der Waals surface area contributed by atoms with Crippen LogP contribution in [0.3, 0.4) is 0 Å². The Morgan fingerprint density at radius 3 is 2.27 bits per heavy atom. The van der Waals surface area contributed by atoms with E-state index in [1.54, 1.807) is 13.0 Å². The fourth-order valence-electron chi connectivity index (χ4n) is 3.22. The average Bonchev–Trinajstić information content (AvgIpc) is 2.74. The molecule has 0 aliphatic rings. The summed E-state index contributed by atoms with van der Waals surface area (Å²) in [5.41, 5.74) is 0.945. The molecule has 0 unspecified atom stereocenters. The van der Waals surface area contributed by atoms with Crippen LogP contribution in [0.15, 0.2) is 48.5 Å². The maximum atomic E-state index is 13.5. The van der Waals surface area contributed by atoms with E-state index in [0.29, 0.717) is 0 Å². The molecule has 8 nitrogen and oxygen atoms in total. The highest BCUT2D eigenvalue weighted by Crippen LogP contribution is 2.33. The molecule has 0 bridgehead atoms. The molecule has 2 rings (SSSR count). The molecule has 0 fully saturated rings. The second kappa shape index (κ2) is 11.4. The first-order chi connectivity index (χ1) is 15.4. The van der Waals surface area contributed by atoms with Crippen LogP contribution >= 0.6 is 11.6 Å². The molecule has 0 aromatic heterocycles. The van der Waals surface area contributed by atoms with Gasteiger partial charge in [-0.2, -0.15) is 0 Å². The summed E-state index contributed by atoms with van der Waals surface area (Å²) in [7, 11) is -2.49. The van der Waals surface area contributed by atoms with Crippen molar-refractivity contribution in [1.29, 1.82) is 0 Å². The fourth-order valence-corrected chi connectivity index (χ4v) is 4.23. The number of carbonyl (C=O) groups excluding carboxylic acids is 2. The van der Waals surface area contributed by atoms with Gasteiger partial charge in [-0.3, -0.25) is 13.9 Å². The van der Waals surface area contributed by atoms with Gasteiger partial charge in [-0.1, -0.05) is 41.9 Å². The quantitative estimate of drug-likeness (QED) is 0.546. The van der Waals surface area contributed by atoms with Crippen molar-refractivity contribution in [3.63, 3.8) is 0 Å². The Balaban J connectivity index is 2.44. The third-order valence-electron chi connectivity index (χ3n) is 4.88. The number of halogens is 1. The number of hydrogen-bond donors (Lipinski definition) is 1. The van der Waals surface area contributed by atoms with Crippen LogP contribution in [0.5, 0.6) is 5.75 Å². The maximum Gasteiger partial charge on any atom is 0.244 e. The van der Waals surface area contributed by atoms with Crippen molar-refractivity contribution in [1.82, 2.24) is 10.2 Å². The van der Waals surface area contributed by atoms with Gasteiger partial charge in [0.15, 0.2) is 0 Å². The van der Waals surface area contributed by atoms with Crippen LogP contribution in [-0.4, -0.2) is 57.1 Å². The lowest BCUT2D eigenvalue weighted by Gasteiger charge is -2.32. The van der Waals surface area contributed by atoms with E-state index in [1.165, 1.54) is 24.1 Å². The molecule has 180 valence electrons. The Hall–Kier alpha value is -2.78. The number of nitrogens with zero attached hydrogens (tertiary/aromatic N) is 2. The average molecular weight is 496 g/mol. The van der Waals surface area contributed by atoms with Crippen molar-refractivity contribution in [2.75, 3.05) is 24.2 Å². The van der Waals surface area contributed by atoms with Crippen molar-refractivity contribution in [2.24, 2.45) is 0 Å². The summed E-state index contributed by atoms with van der Waals surface area (Å²) >= 11 is 6.09. The SMILES string of the molecule is COc1ccc(Cl)cc1N(CC(=O)N(Cc1ccccc1)[C@@H](C)C(=O)NC(C)C)S(C)(=O)=O. The van der Waals surface area contributed by atoms with Crippen molar-refractivity contribution in [2.45, 2.75) is 39.4 Å². The Bertz CT molecular complexity index is 1080. The number of sulfonamides is 1. The number of carbonyl (C=O) groups is 2. The molecule has 10 heteroatoms. The number of rotatable bonds is 10. The lowest BCUT2D eigenvalue weighted by Crippen LogP contribution is -2.52. The number of hydrogen-bond acceptors (Lipinski definition) is 5. The molecular formula is C23H30ClN3O5S. The molecule has 0 aliphatic heterocycles. The van der Waals surface area contributed by atoms with Crippen LogP contribution in [0, 0.1) is 0 Å². The van der Waals surface area contributed by atoms with Gasteiger partial charge in [0, 0.05) is 17.6 Å². The standard InChI is InChI=1S/C23H30ClN3O5S/c1-16(2)25-23(29)17(3)26(14-18-9-7-6-8-10-18)22(28)15-27(33(5,30)31)20-13-19(24)11-12-21(20)32-4/h6-13,16-17H,14-15H2,1-5H3,(H,25,29)/t17-/m0/s1. The minimum absolute atomic E-state index is 0.114. The van der Waals surface area contributed by atoms with Gasteiger partial charge in [-0.15, -0.1) is 0 Å². The zero-order chi connectivity index (χ0) is 24.8. The van der Waals surface area contributed by atoms with Crippen molar-refractivity contribution in [3.8, 4) is 5.75 Å². The molecule has 0 radical (unpaired) electrons. The molecule has 2 amide bonds. The number of anilines is 1. The first kappa shape index (κ1) is 26.5.